The number of hydrogen-bond donors (Lipinski definition) is 0. The minimum atomic E-state index is -0.480. The summed E-state index contributed by atoms with van der Waals surface area (Å²) in [4.78, 5) is 24.8. The van der Waals surface area contributed by atoms with Gasteiger partial charge in [-0.3, -0.25) is 14.2 Å². The summed E-state index contributed by atoms with van der Waals surface area (Å²) in [5, 5.41) is 0. The second-order valence-electron chi connectivity index (χ2n) is 5.84. The van der Waals surface area contributed by atoms with Crippen molar-refractivity contribution >= 4 is 11.0 Å². The Balaban J connectivity index is 2.49. The van der Waals surface area contributed by atoms with E-state index >= 15 is 0 Å². The van der Waals surface area contributed by atoms with Crippen LogP contribution in [0, 0.1) is 12.3 Å². The van der Waals surface area contributed by atoms with Crippen LogP contribution in [0.25, 0.3) is 11.0 Å². The van der Waals surface area contributed by atoms with E-state index < -0.39 is 16.5 Å². The number of allylic oxidation sites excluding steroid dienone is 2. The number of hydrogen-bond acceptors (Lipinski definition) is 2. The number of benzene rings is 1. The van der Waals surface area contributed by atoms with Crippen LogP contribution in [0.15, 0.2) is 39.9 Å². The van der Waals surface area contributed by atoms with E-state index in [-0.39, 0.29) is 0 Å². The Kier molecular flexibility index (Phi) is 3.29. The normalized spacial score (nSPS) is 20.4. The molecule has 0 fully saturated rings. The molecule has 4 heteroatoms. The molecule has 0 bridgehead atoms. The number of para-hydroxylation sites is 1. The third-order valence-electron chi connectivity index (χ3n) is 4.52. The van der Waals surface area contributed by atoms with Crippen molar-refractivity contribution in [3.63, 3.8) is 0 Å². The number of nitrogens with zero attached hydrogens (tertiary/aromatic N) is 2. The summed E-state index contributed by atoms with van der Waals surface area (Å²) in [7, 11) is 0. The van der Waals surface area contributed by atoms with Crippen LogP contribution in [0.3, 0.4) is 0 Å². The van der Waals surface area contributed by atoms with Crippen LogP contribution in [0.4, 0.5) is 0 Å². The predicted molar refractivity (Wildman–Crippen MR) is 88.1 cm³/mol. The van der Waals surface area contributed by atoms with E-state index in [0.29, 0.717) is 19.5 Å². The average Bonchev–Trinajstić information content (AvgIpc) is 2.54. The van der Waals surface area contributed by atoms with E-state index in [9.17, 15) is 9.59 Å². The van der Waals surface area contributed by atoms with E-state index in [1.807, 2.05) is 44.2 Å². The zero-order valence-corrected chi connectivity index (χ0v) is 12.8. The quantitative estimate of drug-likeness (QED) is 0.483. The zero-order chi connectivity index (χ0) is 15.9. The molecule has 1 aromatic heterocycles. The first-order valence-electron chi connectivity index (χ1n) is 7.39. The molecule has 0 radical (unpaired) electrons. The summed E-state index contributed by atoms with van der Waals surface area (Å²) in [6, 6.07) is 5.74. The summed E-state index contributed by atoms with van der Waals surface area (Å²) in [5.74, 6) is 2.86. The number of terminal acetylenes is 1. The molecule has 0 saturated carbocycles. The van der Waals surface area contributed by atoms with Gasteiger partial charge in [-0.05, 0) is 31.9 Å². The Bertz CT molecular complexity index is 940. The summed E-state index contributed by atoms with van der Waals surface area (Å²) in [6.45, 7) is 4.76. The van der Waals surface area contributed by atoms with Crippen molar-refractivity contribution in [1.29, 1.82) is 0 Å². The fourth-order valence-corrected chi connectivity index (χ4v) is 3.15. The van der Waals surface area contributed by atoms with E-state index in [1.165, 1.54) is 4.57 Å². The van der Waals surface area contributed by atoms with Gasteiger partial charge in [-0.1, -0.05) is 30.2 Å². The highest BCUT2D eigenvalue weighted by Gasteiger charge is 2.32. The van der Waals surface area contributed by atoms with Crippen molar-refractivity contribution in [2.75, 3.05) is 0 Å². The van der Waals surface area contributed by atoms with E-state index in [1.54, 1.807) is 4.57 Å². The molecule has 2 aromatic rings. The Hall–Kier alpha value is -2.54. The minimum absolute atomic E-state index is 0.387. The number of rotatable bonds is 2. The Morgan fingerprint density at radius 3 is 2.82 bits per heavy atom. The molecule has 0 unspecified atom stereocenters. The molecule has 0 aliphatic carbocycles. The maximum Gasteiger partial charge on any atom is 0.317 e. The second-order valence-corrected chi connectivity index (χ2v) is 5.84. The van der Waals surface area contributed by atoms with Gasteiger partial charge in [-0.2, -0.15) is 0 Å². The van der Waals surface area contributed by atoms with Crippen LogP contribution in [0.2, 0.25) is 0 Å². The largest absolute Gasteiger partial charge is 0.317 e. The Labute approximate surface area is 128 Å². The molecule has 0 saturated heterocycles. The van der Waals surface area contributed by atoms with Gasteiger partial charge in [0.05, 0.1) is 16.4 Å². The van der Waals surface area contributed by atoms with Crippen LogP contribution in [0.1, 0.15) is 25.8 Å². The fourth-order valence-electron chi connectivity index (χ4n) is 3.15. The molecular formula is C18H18N2O2. The van der Waals surface area contributed by atoms with Gasteiger partial charge in [-0.15, -0.1) is 6.42 Å². The van der Waals surface area contributed by atoms with Gasteiger partial charge in [0.2, 0.25) is 0 Å². The van der Waals surface area contributed by atoms with E-state index in [0.717, 1.165) is 16.6 Å². The fraction of sp³-hybridized carbons (Fsp3) is 0.333. The number of aromatic nitrogens is 2. The molecule has 0 amide bonds. The van der Waals surface area contributed by atoms with Crippen LogP contribution < -0.4 is 11.1 Å². The smallest absolute Gasteiger partial charge is 0.302 e. The van der Waals surface area contributed by atoms with Crippen LogP contribution in [0.5, 0.6) is 0 Å². The first kappa shape index (κ1) is 14.4. The van der Waals surface area contributed by atoms with Gasteiger partial charge in [0, 0.05) is 13.1 Å². The first-order valence-corrected chi connectivity index (χ1v) is 7.39. The maximum absolute atomic E-state index is 12.4. The molecular weight excluding hydrogens is 276 g/mol. The van der Waals surface area contributed by atoms with Crippen molar-refractivity contribution in [1.82, 2.24) is 9.13 Å². The summed E-state index contributed by atoms with van der Waals surface area (Å²) < 4.78 is 3.11. The third kappa shape index (κ3) is 1.86. The molecule has 4 nitrogen and oxygen atoms in total. The topological polar surface area (TPSA) is 44.0 Å². The SMILES string of the molecule is C#C[C@@]1(C)CCn2c(=O)c(=O)n(C/C=C/C)c3cccc1c32. The highest BCUT2D eigenvalue weighted by atomic mass is 16.2. The number of aryl methyl sites for hydroxylation is 1. The van der Waals surface area contributed by atoms with Gasteiger partial charge >= 0.3 is 11.1 Å². The molecule has 0 N–H and O–H groups in total. The lowest BCUT2D eigenvalue weighted by molar-refractivity contribution is 0.469. The summed E-state index contributed by atoms with van der Waals surface area (Å²) in [5.41, 5.74) is 1.15. The molecule has 1 aromatic carbocycles. The molecule has 3 rings (SSSR count). The van der Waals surface area contributed by atoms with Gasteiger partial charge in [0.15, 0.2) is 0 Å². The van der Waals surface area contributed by atoms with Crippen molar-refractivity contribution in [2.24, 2.45) is 0 Å². The lowest BCUT2D eigenvalue weighted by Crippen LogP contribution is -2.44. The maximum atomic E-state index is 12.4. The average molecular weight is 294 g/mol. The second kappa shape index (κ2) is 5.03. The highest BCUT2D eigenvalue weighted by Crippen LogP contribution is 2.36. The first-order chi connectivity index (χ1) is 10.5. The lowest BCUT2D eigenvalue weighted by Gasteiger charge is -2.32. The standard InChI is InChI=1S/C18H18N2O2/c1-4-6-11-19-14-9-7-8-13-15(14)20(17(22)16(19)21)12-10-18(13,3)5-2/h2,4,6-9H,10-12H2,1,3H3/b6-4+/t18-/m0/s1. The van der Waals surface area contributed by atoms with Gasteiger partial charge in [-0.25, -0.2) is 0 Å². The molecule has 2 heterocycles. The summed E-state index contributed by atoms with van der Waals surface area (Å²) >= 11 is 0. The Morgan fingerprint density at radius 1 is 1.36 bits per heavy atom. The van der Waals surface area contributed by atoms with Crippen LogP contribution >= 0.6 is 0 Å². The molecule has 22 heavy (non-hydrogen) atoms. The summed E-state index contributed by atoms with van der Waals surface area (Å²) in [6.07, 6.45) is 10.1. The molecule has 1 atom stereocenters. The molecule has 1 aliphatic rings. The van der Waals surface area contributed by atoms with Gasteiger partial charge in [0.1, 0.15) is 0 Å². The van der Waals surface area contributed by atoms with Crippen molar-refractivity contribution in [2.45, 2.75) is 38.8 Å². The molecule has 0 spiro atoms. The van der Waals surface area contributed by atoms with E-state index in [4.69, 9.17) is 6.42 Å². The minimum Gasteiger partial charge on any atom is -0.302 e. The molecule has 1 aliphatic heterocycles. The Morgan fingerprint density at radius 2 is 2.14 bits per heavy atom. The molecule has 112 valence electrons. The van der Waals surface area contributed by atoms with Crippen molar-refractivity contribution in [3.8, 4) is 12.3 Å². The van der Waals surface area contributed by atoms with Crippen LogP contribution in [-0.2, 0) is 18.5 Å². The zero-order valence-electron chi connectivity index (χ0n) is 12.8. The third-order valence-corrected chi connectivity index (χ3v) is 4.52. The van der Waals surface area contributed by atoms with E-state index in [2.05, 4.69) is 5.92 Å². The van der Waals surface area contributed by atoms with Crippen molar-refractivity contribution < 1.29 is 0 Å². The predicted octanol–water partition coefficient (Wildman–Crippen LogP) is 2.03. The van der Waals surface area contributed by atoms with Crippen molar-refractivity contribution in [3.05, 3.63) is 56.6 Å². The lowest BCUT2D eigenvalue weighted by atomic mass is 9.77. The monoisotopic (exact) mass is 294 g/mol. The van der Waals surface area contributed by atoms with Crippen LogP contribution in [-0.4, -0.2) is 9.13 Å². The van der Waals surface area contributed by atoms with Gasteiger partial charge < -0.3 is 4.57 Å². The highest BCUT2D eigenvalue weighted by molar-refractivity contribution is 5.81. The van der Waals surface area contributed by atoms with Gasteiger partial charge in [0.25, 0.3) is 0 Å².